The van der Waals surface area contributed by atoms with Crippen LogP contribution < -0.4 is 14.2 Å². The fourth-order valence-electron chi connectivity index (χ4n) is 2.44. The van der Waals surface area contributed by atoms with E-state index in [9.17, 15) is 9.90 Å². The van der Waals surface area contributed by atoms with Gasteiger partial charge in [0.25, 0.3) is 0 Å². The molecule has 0 spiro atoms. The molecule has 0 bridgehead atoms. The second-order valence-corrected chi connectivity index (χ2v) is 5.08. The minimum absolute atomic E-state index is 0.0702. The van der Waals surface area contributed by atoms with Gasteiger partial charge in [0.15, 0.2) is 5.78 Å². The van der Waals surface area contributed by atoms with E-state index in [2.05, 4.69) is 0 Å². The number of ether oxygens (including phenoxy) is 3. The number of carbonyl (C=O) groups excluding carboxylic acids is 1. The second-order valence-electron chi connectivity index (χ2n) is 5.08. The van der Waals surface area contributed by atoms with E-state index >= 15 is 0 Å². The lowest BCUT2D eigenvalue weighted by Crippen LogP contribution is -2.18. The molecule has 1 aliphatic rings. The van der Waals surface area contributed by atoms with Crippen molar-refractivity contribution in [2.24, 2.45) is 0 Å². The molecule has 5 nitrogen and oxygen atoms in total. The summed E-state index contributed by atoms with van der Waals surface area (Å²) in [6.07, 6.45) is 1.75. The van der Waals surface area contributed by atoms with Crippen molar-refractivity contribution in [3.05, 3.63) is 53.1 Å². The zero-order chi connectivity index (χ0) is 16.4. The molecule has 2 aromatic rings. The number of phenols is 1. The highest BCUT2D eigenvalue weighted by Gasteiger charge is 2.24. The van der Waals surface area contributed by atoms with Crippen LogP contribution in [0, 0.1) is 0 Å². The molecule has 23 heavy (non-hydrogen) atoms. The number of aromatic hydroxyl groups is 1. The average Bonchev–Trinajstić information content (AvgIpc) is 2.57. The Morgan fingerprint density at radius 2 is 1.96 bits per heavy atom. The van der Waals surface area contributed by atoms with Crippen molar-refractivity contribution in [3.63, 3.8) is 0 Å². The molecule has 0 saturated heterocycles. The predicted molar refractivity (Wildman–Crippen MR) is 85.5 cm³/mol. The van der Waals surface area contributed by atoms with Gasteiger partial charge in [0, 0.05) is 23.3 Å². The van der Waals surface area contributed by atoms with E-state index < -0.39 is 0 Å². The topological polar surface area (TPSA) is 65.0 Å². The number of Topliss-reactive ketones (excluding diaryl/α,β-unsaturated/α-hetero) is 1. The summed E-state index contributed by atoms with van der Waals surface area (Å²) in [5.41, 5.74) is 1.72. The molecule has 1 aliphatic heterocycles. The maximum Gasteiger partial charge on any atom is 0.196 e. The normalized spacial score (nSPS) is 15.0. The van der Waals surface area contributed by atoms with Crippen LogP contribution in [0.2, 0.25) is 0 Å². The van der Waals surface area contributed by atoms with Crippen LogP contribution in [0.4, 0.5) is 0 Å². The fourth-order valence-corrected chi connectivity index (χ4v) is 2.44. The number of hydrogen-bond acceptors (Lipinski definition) is 5. The van der Waals surface area contributed by atoms with Crippen LogP contribution >= 0.6 is 0 Å². The third-order valence-electron chi connectivity index (χ3n) is 3.66. The van der Waals surface area contributed by atoms with Gasteiger partial charge in [0.2, 0.25) is 0 Å². The Kier molecular flexibility index (Phi) is 3.93. The van der Waals surface area contributed by atoms with E-state index in [-0.39, 0.29) is 18.1 Å². The van der Waals surface area contributed by atoms with Crippen molar-refractivity contribution in [2.45, 2.75) is 0 Å². The average molecular weight is 312 g/mol. The quantitative estimate of drug-likeness (QED) is 0.882. The lowest BCUT2D eigenvalue weighted by molar-refractivity contribution is 0.100. The number of methoxy groups -OCH3 is 2. The molecule has 2 aromatic carbocycles. The lowest BCUT2D eigenvalue weighted by Gasteiger charge is -2.19. The zero-order valence-electron chi connectivity index (χ0n) is 12.8. The predicted octanol–water partition coefficient (Wildman–Crippen LogP) is 3.07. The van der Waals surface area contributed by atoms with Crippen LogP contribution in [0.1, 0.15) is 15.9 Å². The smallest absolute Gasteiger partial charge is 0.196 e. The highest BCUT2D eigenvalue weighted by molar-refractivity contribution is 6.14. The molecule has 0 aromatic heterocycles. The molecule has 0 saturated carbocycles. The van der Waals surface area contributed by atoms with Gasteiger partial charge in [0.1, 0.15) is 29.6 Å². The van der Waals surface area contributed by atoms with Gasteiger partial charge in [-0.1, -0.05) is 0 Å². The Bertz CT molecular complexity index is 792. The largest absolute Gasteiger partial charge is 0.508 e. The first-order valence-corrected chi connectivity index (χ1v) is 7.05. The maximum atomic E-state index is 12.6. The van der Waals surface area contributed by atoms with Gasteiger partial charge in [-0.05, 0) is 30.3 Å². The Labute approximate surface area is 133 Å². The van der Waals surface area contributed by atoms with Gasteiger partial charge in [-0.15, -0.1) is 0 Å². The number of fused-ring (bicyclic) bond motifs is 1. The van der Waals surface area contributed by atoms with Crippen LogP contribution in [0.3, 0.4) is 0 Å². The molecule has 0 unspecified atom stereocenters. The summed E-state index contributed by atoms with van der Waals surface area (Å²) in [4.78, 5) is 12.6. The summed E-state index contributed by atoms with van der Waals surface area (Å²) in [6, 6.07) is 9.85. The van der Waals surface area contributed by atoms with Crippen LogP contribution in [0.5, 0.6) is 23.0 Å². The van der Waals surface area contributed by atoms with E-state index in [0.29, 0.717) is 28.4 Å². The molecular formula is C18H16O5. The molecule has 0 radical (unpaired) electrons. The summed E-state index contributed by atoms with van der Waals surface area (Å²) in [5.74, 6) is 1.64. The van der Waals surface area contributed by atoms with E-state index in [0.717, 1.165) is 5.56 Å². The van der Waals surface area contributed by atoms with E-state index in [4.69, 9.17) is 14.2 Å². The van der Waals surface area contributed by atoms with Crippen molar-refractivity contribution < 1.29 is 24.1 Å². The molecule has 0 atom stereocenters. The first kappa shape index (κ1) is 15.0. The molecular weight excluding hydrogens is 296 g/mol. The van der Waals surface area contributed by atoms with Gasteiger partial charge < -0.3 is 19.3 Å². The van der Waals surface area contributed by atoms with Gasteiger partial charge in [0.05, 0.1) is 19.8 Å². The summed E-state index contributed by atoms with van der Waals surface area (Å²) < 4.78 is 16.1. The molecule has 0 amide bonds. The van der Waals surface area contributed by atoms with Gasteiger partial charge >= 0.3 is 0 Å². The van der Waals surface area contributed by atoms with E-state index in [1.165, 1.54) is 12.1 Å². The molecule has 1 N–H and O–H groups in total. The van der Waals surface area contributed by atoms with Crippen LogP contribution in [0.25, 0.3) is 6.08 Å². The Hall–Kier alpha value is -2.95. The summed E-state index contributed by atoms with van der Waals surface area (Å²) in [6.45, 7) is 0.143. The Balaban J connectivity index is 1.98. The number of carbonyl (C=O) groups is 1. The number of hydrogen-bond donors (Lipinski definition) is 1. The fraction of sp³-hybridized carbons (Fsp3) is 0.167. The second kappa shape index (κ2) is 6.04. The maximum absolute atomic E-state index is 12.6. The minimum atomic E-state index is -0.121. The number of phenolic OH excluding ortho intramolecular Hbond substituents is 1. The summed E-state index contributed by atoms with van der Waals surface area (Å²) in [7, 11) is 3.14. The van der Waals surface area contributed by atoms with Gasteiger partial charge in [-0.2, -0.15) is 0 Å². The zero-order valence-corrected chi connectivity index (χ0v) is 12.8. The number of rotatable bonds is 3. The molecule has 0 fully saturated rings. The Morgan fingerprint density at radius 1 is 1.13 bits per heavy atom. The van der Waals surface area contributed by atoms with Gasteiger partial charge in [-0.25, -0.2) is 0 Å². The van der Waals surface area contributed by atoms with Gasteiger partial charge in [-0.3, -0.25) is 4.79 Å². The summed E-state index contributed by atoms with van der Waals surface area (Å²) in [5, 5.41) is 9.46. The summed E-state index contributed by atoms with van der Waals surface area (Å²) >= 11 is 0. The number of benzene rings is 2. The molecule has 0 aliphatic carbocycles. The van der Waals surface area contributed by atoms with Crippen molar-refractivity contribution >= 4 is 11.9 Å². The first-order chi connectivity index (χ1) is 11.1. The van der Waals surface area contributed by atoms with Crippen molar-refractivity contribution in [2.75, 3.05) is 20.8 Å². The lowest BCUT2D eigenvalue weighted by atomic mass is 9.98. The van der Waals surface area contributed by atoms with Crippen LogP contribution in [-0.4, -0.2) is 31.7 Å². The van der Waals surface area contributed by atoms with E-state index in [1.807, 2.05) is 6.07 Å². The molecule has 1 heterocycles. The minimum Gasteiger partial charge on any atom is -0.508 e. The molecule has 3 rings (SSSR count). The van der Waals surface area contributed by atoms with Crippen LogP contribution in [0.15, 0.2) is 42.0 Å². The SMILES string of the molecule is COc1ccc(/C=C2/COc3cc(O)ccc3C2=O)c(OC)c1. The number of ketones is 1. The van der Waals surface area contributed by atoms with Crippen molar-refractivity contribution in [1.82, 2.24) is 0 Å². The highest BCUT2D eigenvalue weighted by Crippen LogP contribution is 2.32. The van der Waals surface area contributed by atoms with Crippen molar-refractivity contribution in [1.29, 1.82) is 0 Å². The monoisotopic (exact) mass is 312 g/mol. The van der Waals surface area contributed by atoms with E-state index in [1.54, 1.807) is 38.5 Å². The first-order valence-electron chi connectivity index (χ1n) is 7.05. The third kappa shape index (κ3) is 2.85. The highest BCUT2D eigenvalue weighted by atomic mass is 16.5. The Morgan fingerprint density at radius 3 is 2.70 bits per heavy atom. The molecule has 5 heteroatoms. The third-order valence-corrected chi connectivity index (χ3v) is 3.66. The van der Waals surface area contributed by atoms with Crippen molar-refractivity contribution in [3.8, 4) is 23.0 Å². The standard InChI is InChI=1S/C18H16O5/c1-21-14-5-3-11(16(9-14)22-2)7-12-10-23-17-8-13(19)4-6-15(17)18(12)20/h3-9,19H,10H2,1-2H3/b12-7-. The molecule has 118 valence electrons. The van der Waals surface area contributed by atoms with Crippen LogP contribution in [-0.2, 0) is 0 Å².